The van der Waals surface area contributed by atoms with Crippen LogP contribution in [0.2, 0.25) is 0 Å². The molecule has 0 amide bonds. The summed E-state index contributed by atoms with van der Waals surface area (Å²) in [7, 11) is 0. The van der Waals surface area contributed by atoms with Crippen molar-refractivity contribution < 1.29 is 4.74 Å². The Morgan fingerprint density at radius 1 is 1.11 bits per heavy atom. The van der Waals surface area contributed by atoms with E-state index in [0.717, 1.165) is 17.7 Å². The average Bonchev–Trinajstić information content (AvgIpc) is 2.48. The van der Waals surface area contributed by atoms with Crippen molar-refractivity contribution in [1.29, 1.82) is 0 Å². The molecule has 1 aliphatic carbocycles. The van der Waals surface area contributed by atoms with E-state index in [2.05, 4.69) is 22.3 Å². The van der Waals surface area contributed by atoms with Crippen LogP contribution in [-0.2, 0) is 19.4 Å². The summed E-state index contributed by atoms with van der Waals surface area (Å²) in [5, 5.41) is 7.85. The van der Waals surface area contributed by atoms with E-state index in [9.17, 15) is 0 Å². The maximum atomic E-state index is 5.81. The van der Waals surface area contributed by atoms with E-state index in [4.69, 9.17) is 10.5 Å². The molecule has 2 N–H and O–H groups in total. The zero-order chi connectivity index (χ0) is 13.1. The quantitative estimate of drug-likeness (QED) is 0.915. The fraction of sp³-hybridized carbons (Fsp3) is 0.333. The number of nitrogens with zero attached hydrogens (tertiary/aromatic N) is 2. The van der Waals surface area contributed by atoms with Crippen LogP contribution in [0.1, 0.15) is 29.5 Å². The molecule has 1 aromatic carbocycles. The summed E-state index contributed by atoms with van der Waals surface area (Å²) in [6.45, 7) is 0.399. The van der Waals surface area contributed by atoms with Gasteiger partial charge in [-0.3, -0.25) is 0 Å². The summed E-state index contributed by atoms with van der Waals surface area (Å²) in [5.41, 5.74) is 9.37. The van der Waals surface area contributed by atoms with Crippen molar-refractivity contribution in [2.75, 3.05) is 0 Å². The van der Waals surface area contributed by atoms with Crippen LogP contribution in [0, 0.1) is 0 Å². The first kappa shape index (κ1) is 12.1. The predicted octanol–water partition coefficient (Wildman–Crippen LogP) is 2.61. The summed E-state index contributed by atoms with van der Waals surface area (Å²) in [4.78, 5) is 0. The smallest absolute Gasteiger partial charge is 0.243 e. The van der Waals surface area contributed by atoms with Crippen LogP contribution in [-0.4, -0.2) is 10.2 Å². The number of aromatic nitrogens is 2. The molecule has 1 aromatic heterocycles. The van der Waals surface area contributed by atoms with E-state index in [1.54, 1.807) is 6.20 Å². The molecule has 0 spiro atoms. The Morgan fingerprint density at radius 3 is 2.79 bits per heavy atom. The monoisotopic (exact) mass is 255 g/mol. The van der Waals surface area contributed by atoms with Gasteiger partial charge in [-0.05, 0) is 55.0 Å². The van der Waals surface area contributed by atoms with Gasteiger partial charge in [0.15, 0.2) is 0 Å². The second-order valence-electron chi connectivity index (χ2n) is 4.81. The van der Waals surface area contributed by atoms with Crippen LogP contribution < -0.4 is 10.5 Å². The number of fused-ring (bicyclic) bond motifs is 1. The molecule has 98 valence electrons. The van der Waals surface area contributed by atoms with E-state index in [1.807, 2.05) is 12.1 Å². The average molecular weight is 255 g/mol. The van der Waals surface area contributed by atoms with Gasteiger partial charge < -0.3 is 10.5 Å². The van der Waals surface area contributed by atoms with Gasteiger partial charge in [0.25, 0.3) is 0 Å². The zero-order valence-electron chi connectivity index (χ0n) is 10.8. The lowest BCUT2D eigenvalue weighted by Crippen LogP contribution is -2.04. The van der Waals surface area contributed by atoms with Crippen molar-refractivity contribution in [1.82, 2.24) is 10.2 Å². The zero-order valence-corrected chi connectivity index (χ0v) is 10.8. The molecule has 2 aromatic rings. The molecule has 0 unspecified atom stereocenters. The molecule has 19 heavy (non-hydrogen) atoms. The summed E-state index contributed by atoms with van der Waals surface area (Å²) in [6.07, 6.45) is 6.48. The number of ether oxygens (including phenoxy) is 1. The van der Waals surface area contributed by atoms with Crippen LogP contribution >= 0.6 is 0 Å². The van der Waals surface area contributed by atoms with E-state index >= 15 is 0 Å². The normalized spacial score (nSPS) is 13.9. The maximum Gasteiger partial charge on any atom is 0.243 e. The molecule has 0 saturated carbocycles. The summed E-state index contributed by atoms with van der Waals surface area (Å²) in [6, 6.07) is 8.10. The highest BCUT2D eigenvalue weighted by atomic mass is 16.5. The van der Waals surface area contributed by atoms with E-state index in [1.165, 1.54) is 30.4 Å². The lowest BCUT2D eigenvalue weighted by atomic mass is 9.92. The molecule has 0 aliphatic heterocycles. The Hall–Kier alpha value is -1.94. The third-order valence-corrected chi connectivity index (χ3v) is 3.52. The number of hydrogen-bond acceptors (Lipinski definition) is 4. The van der Waals surface area contributed by atoms with Crippen molar-refractivity contribution in [3.63, 3.8) is 0 Å². The molecule has 0 bridgehead atoms. The van der Waals surface area contributed by atoms with E-state index < -0.39 is 0 Å². The molecule has 0 saturated heterocycles. The van der Waals surface area contributed by atoms with Gasteiger partial charge in [0, 0.05) is 12.1 Å². The number of rotatable bonds is 3. The molecule has 1 aliphatic rings. The Morgan fingerprint density at radius 2 is 1.95 bits per heavy atom. The first-order chi connectivity index (χ1) is 9.36. The topological polar surface area (TPSA) is 61.0 Å². The highest BCUT2D eigenvalue weighted by Crippen LogP contribution is 2.28. The highest BCUT2D eigenvalue weighted by Gasteiger charge is 2.11. The van der Waals surface area contributed by atoms with Crippen molar-refractivity contribution in [2.24, 2.45) is 5.73 Å². The highest BCUT2D eigenvalue weighted by molar-refractivity contribution is 5.39. The fourth-order valence-corrected chi connectivity index (χ4v) is 2.47. The Kier molecular flexibility index (Phi) is 3.42. The lowest BCUT2D eigenvalue weighted by molar-refractivity contribution is 0.447. The van der Waals surface area contributed by atoms with Gasteiger partial charge in [0.05, 0.1) is 6.20 Å². The SMILES string of the molecule is NCc1ccnnc1Oc1ccc2c(c1)CCCC2. The van der Waals surface area contributed by atoms with Gasteiger partial charge in [-0.1, -0.05) is 6.07 Å². The van der Waals surface area contributed by atoms with Gasteiger partial charge in [0.1, 0.15) is 5.75 Å². The second-order valence-corrected chi connectivity index (χ2v) is 4.81. The van der Waals surface area contributed by atoms with Gasteiger partial charge in [-0.25, -0.2) is 0 Å². The summed E-state index contributed by atoms with van der Waals surface area (Å²) < 4.78 is 5.81. The molecule has 4 nitrogen and oxygen atoms in total. The minimum atomic E-state index is 0.399. The Balaban J connectivity index is 1.87. The first-order valence-electron chi connectivity index (χ1n) is 6.67. The third kappa shape index (κ3) is 2.58. The molecular formula is C15H17N3O. The Bertz CT molecular complexity index is 583. The van der Waals surface area contributed by atoms with Crippen LogP contribution in [0.3, 0.4) is 0 Å². The van der Waals surface area contributed by atoms with Crippen LogP contribution in [0.4, 0.5) is 0 Å². The molecule has 0 atom stereocenters. The van der Waals surface area contributed by atoms with Crippen molar-refractivity contribution >= 4 is 0 Å². The van der Waals surface area contributed by atoms with E-state index in [-0.39, 0.29) is 0 Å². The molecule has 4 heteroatoms. The summed E-state index contributed by atoms with van der Waals surface area (Å²) in [5.74, 6) is 1.32. The van der Waals surface area contributed by atoms with Crippen molar-refractivity contribution in [2.45, 2.75) is 32.2 Å². The minimum absolute atomic E-state index is 0.399. The van der Waals surface area contributed by atoms with Crippen LogP contribution in [0.25, 0.3) is 0 Å². The molecule has 3 rings (SSSR count). The minimum Gasteiger partial charge on any atom is -0.437 e. The molecule has 0 fully saturated rings. The van der Waals surface area contributed by atoms with Gasteiger partial charge >= 0.3 is 0 Å². The third-order valence-electron chi connectivity index (χ3n) is 3.52. The number of aryl methyl sites for hydroxylation is 2. The molecule has 0 radical (unpaired) electrons. The van der Waals surface area contributed by atoms with Crippen molar-refractivity contribution in [3.05, 3.63) is 47.2 Å². The van der Waals surface area contributed by atoms with E-state index in [0.29, 0.717) is 12.4 Å². The first-order valence-corrected chi connectivity index (χ1v) is 6.67. The predicted molar refractivity (Wildman–Crippen MR) is 73.1 cm³/mol. The summed E-state index contributed by atoms with van der Waals surface area (Å²) >= 11 is 0. The van der Waals surface area contributed by atoms with Crippen LogP contribution in [0.5, 0.6) is 11.6 Å². The lowest BCUT2D eigenvalue weighted by Gasteiger charge is -2.16. The van der Waals surface area contributed by atoms with Gasteiger partial charge in [-0.15, -0.1) is 5.10 Å². The van der Waals surface area contributed by atoms with Crippen LogP contribution in [0.15, 0.2) is 30.5 Å². The standard InChI is InChI=1S/C15H17N3O/c16-10-13-7-8-17-18-15(13)19-14-6-5-11-3-1-2-4-12(11)9-14/h5-9H,1-4,10,16H2. The number of benzene rings is 1. The molecular weight excluding hydrogens is 238 g/mol. The van der Waals surface area contributed by atoms with Gasteiger partial charge in [0.2, 0.25) is 5.88 Å². The second kappa shape index (κ2) is 5.36. The molecule has 1 heterocycles. The largest absolute Gasteiger partial charge is 0.437 e. The maximum absolute atomic E-state index is 5.81. The van der Waals surface area contributed by atoms with Crippen molar-refractivity contribution in [3.8, 4) is 11.6 Å². The Labute approximate surface area is 112 Å². The van der Waals surface area contributed by atoms with Gasteiger partial charge in [-0.2, -0.15) is 5.10 Å². The number of hydrogen-bond donors (Lipinski definition) is 1. The number of nitrogens with two attached hydrogens (primary N) is 1. The fourth-order valence-electron chi connectivity index (χ4n) is 2.47.